The van der Waals surface area contributed by atoms with Gasteiger partial charge in [-0.05, 0) is 71.5 Å². The molecule has 15 heteroatoms. The lowest BCUT2D eigenvalue weighted by Gasteiger charge is -2.27. The molecule has 0 radical (unpaired) electrons. The van der Waals surface area contributed by atoms with Crippen LogP contribution in [0.3, 0.4) is 0 Å². The van der Waals surface area contributed by atoms with E-state index < -0.39 is 58.1 Å². The van der Waals surface area contributed by atoms with Gasteiger partial charge in [0, 0.05) is 29.6 Å². The molecule has 0 spiro atoms. The van der Waals surface area contributed by atoms with E-state index in [0.29, 0.717) is 25.8 Å². The summed E-state index contributed by atoms with van der Waals surface area (Å²) >= 11 is 0. The normalized spacial score (nSPS) is 21.1. The van der Waals surface area contributed by atoms with Crippen LogP contribution in [0.25, 0.3) is 17.2 Å². The highest BCUT2D eigenvalue weighted by atomic mass is 19.4. The van der Waals surface area contributed by atoms with Gasteiger partial charge in [0.2, 0.25) is 0 Å². The fourth-order valence-corrected chi connectivity index (χ4v) is 6.34. The Morgan fingerprint density at radius 2 is 1.85 bits per heavy atom. The van der Waals surface area contributed by atoms with Crippen LogP contribution in [0.15, 0.2) is 12.6 Å². The third-order valence-electron chi connectivity index (χ3n) is 8.71. The standard InChI is InChI=1S/C32H43F6N7O2/c1-17(12-30(5)9-10-41-14-30)47-20(4)24-27(26(35)18(2)21-11-23(39)42-19(3)25(21)32(36,37)38)43-29(44-28(24)40)46-16-31(7-8-31)15-45(6)13-22(33)34/h11,17,22,41H,2,7-10,12-16H2,1,3-6H3,(H2,39,42)(H2,40,43,44)/b24-20-,27-26-. The molecule has 3 heterocycles. The Morgan fingerprint density at radius 3 is 2.43 bits per heavy atom. The van der Waals surface area contributed by atoms with Gasteiger partial charge >= 0.3 is 12.2 Å². The molecule has 2 aromatic rings. The molecule has 0 aromatic carbocycles. The van der Waals surface area contributed by atoms with Crippen molar-refractivity contribution in [1.29, 1.82) is 0 Å². The van der Waals surface area contributed by atoms with Gasteiger partial charge < -0.3 is 31.2 Å². The maximum Gasteiger partial charge on any atom is 0.418 e. The molecule has 2 unspecified atom stereocenters. The number of allylic oxidation sites excluding steroid dienone is 1. The maximum absolute atomic E-state index is 16.6. The van der Waals surface area contributed by atoms with Crippen molar-refractivity contribution in [2.75, 3.05) is 51.3 Å². The Balaban J connectivity index is 1.80. The molecule has 2 atom stereocenters. The highest BCUT2D eigenvalue weighted by molar-refractivity contribution is 5.94. The third-order valence-corrected chi connectivity index (χ3v) is 8.71. The predicted molar refractivity (Wildman–Crippen MR) is 168 cm³/mol. The number of hydrogen-bond acceptors (Lipinski definition) is 9. The zero-order chi connectivity index (χ0) is 34.9. The first kappa shape index (κ1) is 36.2. The number of nitrogens with one attached hydrogen (secondary N) is 1. The van der Waals surface area contributed by atoms with Crippen LogP contribution in [0.2, 0.25) is 0 Å². The van der Waals surface area contributed by atoms with E-state index in [1.165, 1.54) is 4.90 Å². The summed E-state index contributed by atoms with van der Waals surface area (Å²) in [5.74, 6) is -1.56. The van der Waals surface area contributed by atoms with Crippen molar-refractivity contribution in [1.82, 2.24) is 25.2 Å². The lowest BCUT2D eigenvalue weighted by Crippen LogP contribution is -2.38. The first-order chi connectivity index (χ1) is 21.8. The van der Waals surface area contributed by atoms with Crippen LogP contribution in [-0.4, -0.2) is 72.2 Å². The summed E-state index contributed by atoms with van der Waals surface area (Å²) in [6, 6.07) is 0.566. The molecular formula is C32H43F6N7O2. The molecule has 0 bridgehead atoms. The Morgan fingerprint density at radius 1 is 1.17 bits per heavy atom. The van der Waals surface area contributed by atoms with Crippen molar-refractivity contribution in [3.63, 3.8) is 0 Å². The van der Waals surface area contributed by atoms with Crippen molar-refractivity contribution >= 4 is 28.8 Å². The number of nitrogen functional groups attached to an aromatic ring is 2. The number of aryl methyl sites for hydroxylation is 1. The minimum absolute atomic E-state index is 0.0246. The number of ether oxygens (including phenoxy) is 2. The molecule has 47 heavy (non-hydrogen) atoms. The molecule has 2 fully saturated rings. The van der Waals surface area contributed by atoms with E-state index in [9.17, 15) is 22.0 Å². The van der Waals surface area contributed by atoms with E-state index in [2.05, 4.69) is 33.8 Å². The highest BCUT2D eigenvalue weighted by Crippen LogP contribution is 2.46. The quantitative estimate of drug-likeness (QED) is 0.266. The largest absolute Gasteiger partial charge is 0.494 e. The van der Waals surface area contributed by atoms with Gasteiger partial charge in [-0.15, -0.1) is 0 Å². The average Bonchev–Trinajstić information content (AvgIpc) is 3.56. The van der Waals surface area contributed by atoms with Gasteiger partial charge in [-0.3, -0.25) is 0 Å². The number of hydrogen-bond donors (Lipinski definition) is 3. The fraction of sp³-hybridized carbons (Fsp3) is 0.594. The Hall–Kier alpha value is -3.59. The van der Waals surface area contributed by atoms with Crippen LogP contribution < -0.4 is 32.1 Å². The summed E-state index contributed by atoms with van der Waals surface area (Å²) in [4.78, 5) is 13.7. The van der Waals surface area contributed by atoms with E-state index in [1.54, 1.807) is 14.0 Å². The molecule has 260 valence electrons. The van der Waals surface area contributed by atoms with E-state index in [4.69, 9.17) is 20.9 Å². The second-order valence-corrected chi connectivity index (χ2v) is 13.3. The van der Waals surface area contributed by atoms with Crippen LogP contribution in [-0.2, 0) is 10.9 Å². The van der Waals surface area contributed by atoms with Gasteiger partial charge in [0.15, 0.2) is 5.83 Å². The molecule has 0 amide bonds. The minimum atomic E-state index is -4.90. The number of anilines is 2. The van der Waals surface area contributed by atoms with Crippen molar-refractivity contribution in [3.05, 3.63) is 40.0 Å². The third kappa shape index (κ3) is 8.86. The van der Waals surface area contributed by atoms with Gasteiger partial charge in [-0.25, -0.2) is 18.2 Å². The summed E-state index contributed by atoms with van der Waals surface area (Å²) in [5, 5.41) is 2.79. The fourth-order valence-electron chi connectivity index (χ4n) is 6.34. The number of aromatic nitrogens is 3. The van der Waals surface area contributed by atoms with Gasteiger partial charge in [-0.2, -0.15) is 23.1 Å². The number of alkyl halides is 5. The Kier molecular flexibility index (Phi) is 10.7. The molecule has 1 aliphatic carbocycles. The number of nitrogens with zero attached hydrogens (tertiary/aromatic N) is 4. The molecule has 1 aliphatic heterocycles. The predicted octanol–water partition coefficient (Wildman–Crippen LogP) is 4.43. The van der Waals surface area contributed by atoms with E-state index >= 15 is 4.39 Å². The molecule has 1 saturated carbocycles. The van der Waals surface area contributed by atoms with Crippen LogP contribution in [0, 0.1) is 17.8 Å². The molecule has 2 aromatic heterocycles. The van der Waals surface area contributed by atoms with Crippen LogP contribution >= 0.6 is 0 Å². The van der Waals surface area contributed by atoms with E-state index in [1.807, 2.05) is 6.92 Å². The first-order valence-electron chi connectivity index (χ1n) is 15.4. The first-order valence-corrected chi connectivity index (χ1v) is 15.4. The van der Waals surface area contributed by atoms with E-state index in [-0.39, 0.29) is 46.7 Å². The zero-order valence-electron chi connectivity index (χ0n) is 27.3. The molecule has 9 nitrogen and oxygen atoms in total. The number of halogens is 6. The number of pyridine rings is 1. The number of nitrogens with two attached hydrogens (primary N) is 2. The SMILES string of the molecule is C=C(/C(F)=c1/nc(OCC2(CN(C)CC(F)F)CC2)nc(N)/c1=C(/C)OC(C)CC1(C)CCNC1)c1cc(N)nc(C)c1C(F)(F)F. The van der Waals surface area contributed by atoms with Crippen molar-refractivity contribution in [2.24, 2.45) is 10.8 Å². The molecule has 2 aliphatic rings. The molecule has 1 saturated heterocycles. The summed E-state index contributed by atoms with van der Waals surface area (Å²) in [6.45, 7) is 11.9. The average molecular weight is 672 g/mol. The lowest BCUT2D eigenvalue weighted by molar-refractivity contribution is -0.138. The summed E-state index contributed by atoms with van der Waals surface area (Å²) < 4.78 is 96.7. The highest BCUT2D eigenvalue weighted by Gasteiger charge is 2.45. The molecular weight excluding hydrogens is 628 g/mol. The summed E-state index contributed by atoms with van der Waals surface area (Å²) in [6.07, 6.45) is -4.72. The van der Waals surface area contributed by atoms with Crippen LogP contribution in [0.1, 0.15) is 63.3 Å². The second kappa shape index (κ2) is 13.9. The van der Waals surface area contributed by atoms with Crippen LogP contribution in [0.4, 0.5) is 38.0 Å². The second-order valence-electron chi connectivity index (χ2n) is 13.3. The summed E-state index contributed by atoms with van der Waals surface area (Å²) in [5.41, 5.74) is 8.74. The Labute approximate surface area is 270 Å². The maximum atomic E-state index is 16.6. The van der Waals surface area contributed by atoms with Gasteiger partial charge in [0.1, 0.15) is 22.7 Å². The molecule has 5 N–H and O–H groups in total. The van der Waals surface area contributed by atoms with Crippen molar-refractivity contribution < 1.29 is 35.8 Å². The monoisotopic (exact) mass is 671 g/mol. The smallest absolute Gasteiger partial charge is 0.418 e. The number of rotatable bonds is 13. The van der Waals surface area contributed by atoms with E-state index in [0.717, 1.165) is 32.5 Å². The Bertz CT molecular complexity index is 1600. The van der Waals surface area contributed by atoms with Gasteiger partial charge in [-0.1, -0.05) is 13.5 Å². The lowest BCUT2D eigenvalue weighted by atomic mass is 9.84. The zero-order valence-corrected chi connectivity index (χ0v) is 27.3. The van der Waals surface area contributed by atoms with Crippen molar-refractivity contribution in [2.45, 2.75) is 72.1 Å². The molecule has 4 rings (SSSR count). The summed E-state index contributed by atoms with van der Waals surface area (Å²) in [7, 11) is 1.58. The van der Waals surface area contributed by atoms with Gasteiger partial charge in [0.05, 0.1) is 35.7 Å². The van der Waals surface area contributed by atoms with Crippen molar-refractivity contribution in [3.8, 4) is 6.01 Å². The minimum Gasteiger partial charge on any atom is -0.494 e. The topological polar surface area (TPSA) is 124 Å². The van der Waals surface area contributed by atoms with Gasteiger partial charge in [0.25, 0.3) is 6.43 Å². The van der Waals surface area contributed by atoms with Crippen LogP contribution in [0.5, 0.6) is 6.01 Å².